The Kier molecular flexibility index (Phi) is 5.17. The van der Waals surface area contributed by atoms with Gasteiger partial charge in [-0.1, -0.05) is 18.2 Å². The molecule has 0 atom stereocenters. The fourth-order valence-corrected chi connectivity index (χ4v) is 3.58. The number of hydrogen-bond acceptors (Lipinski definition) is 5. The number of halogens is 2. The van der Waals surface area contributed by atoms with Gasteiger partial charge in [-0.05, 0) is 30.3 Å². The SMILES string of the molecule is O=C(Nc1ccn(S(=O)(=O)c2ccccc2OC(F)F)c1)c1ccccn1. The van der Waals surface area contributed by atoms with E-state index in [2.05, 4.69) is 15.0 Å². The van der Waals surface area contributed by atoms with Crippen LogP contribution in [0.25, 0.3) is 0 Å². The highest BCUT2D eigenvalue weighted by Gasteiger charge is 2.23. The summed E-state index contributed by atoms with van der Waals surface area (Å²) in [5.74, 6) is -0.993. The third kappa shape index (κ3) is 4.11. The lowest BCUT2D eigenvalue weighted by molar-refractivity contribution is -0.0517. The zero-order valence-electron chi connectivity index (χ0n) is 13.6. The van der Waals surface area contributed by atoms with Gasteiger partial charge in [-0.15, -0.1) is 0 Å². The number of aromatic nitrogens is 2. The maximum atomic E-state index is 12.7. The Balaban J connectivity index is 1.87. The van der Waals surface area contributed by atoms with Crippen LogP contribution in [0.15, 0.2) is 72.0 Å². The number of nitrogens with one attached hydrogen (secondary N) is 1. The Labute approximate surface area is 153 Å². The van der Waals surface area contributed by atoms with Crippen LogP contribution in [0, 0.1) is 0 Å². The van der Waals surface area contributed by atoms with Crippen LogP contribution in [-0.2, 0) is 10.0 Å². The van der Waals surface area contributed by atoms with Crippen LogP contribution in [-0.4, -0.2) is 29.9 Å². The van der Waals surface area contributed by atoms with E-state index in [9.17, 15) is 22.0 Å². The van der Waals surface area contributed by atoms with E-state index in [1.807, 2.05) is 0 Å². The first-order valence-corrected chi connectivity index (χ1v) is 9.02. The number of hydrogen-bond donors (Lipinski definition) is 1. The van der Waals surface area contributed by atoms with Crippen molar-refractivity contribution >= 4 is 21.6 Å². The van der Waals surface area contributed by atoms with E-state index >= 15 is 0 Å². The Bertz CT molecular complexity index is 1050. The van der Waals surface area contributed by atoms with Crippen molar-refractivity contribution in [1.82, 2.24) is 8.96 Å². The molecular weight excluding hydrogens is 380 g/mol. The second kappa shape index (κ2) is 7.54. The van der Waals surface area contributed by atoms with Crippen molar-refractivity contribution < 1.29 is 26.7 Å². The summed E-state index contributed by atoms with van der Waals surface area (Å²) in [6.07, 6.45) is 3.78. The summed E-state index contributed by atoms with van der Waals surface area (Å²) in [4.78, 5) is 15.5. The largest absolute Gasteiger partial charge is 0.433 e. The molecule has 0 saturated carbocycles. The number of nitrogens with zero attached hydrogens (tertiary/aromatic N) is 2. The van der Waals surface area contributed by atoms with Gasteiger partial charge < -0.3 is 10.1 Å². The lowest BCUT2D eigenvalue weighted by Crippen LogP contribution is -2.15. The third-order valence-electron chi connectivity index (χ3n) is 3.44. The average Bonchev–Trinajstić information content (AvgIpc) is 3.11. The van der Waals surface area contributed by atoms with E-state index in [-0.39, 0.29) is 11.4 Å². The summed E-state index contributed by atoms with van der Waals surface area (Å²) < 4.78 is 55.6. The predicted octanol–water partition coefficient (Wildman–Crippen LogP) is 2.97. The molecule has 0 fully saturated rings. The summed E-state index contributed by atoms with van der Waals surface area (Å²) in [6.45, 7) is -3.17. The standard InChI is InChI=1S/C17H13F2N3O4S/c18-17(19)26-14-6-1-2-7-15(14)27(24,25)22-10-8-12(11-22)21-16(23)13-5-3-4-9-20-13/h1-11,17H,(H,21,23). The van der Waals surface area contributed by atoms with Crippen LogP contribution in [0.2, 0.25) is 0 Å². The zero-order chi connectivity index (χ0) is 19.4. The highest BCUT2D eigenvalue weighted by molar-refractivity contribution is 7.90. The minimum atomic E-state index is -4.20. The molecule has 140 valence electrons. The fourth-order valence-electron chi connectivity index (χ4n) is 2.26. The Morgan fingerprint density at radius 1 is 1.11 bits per heavy atom. The molecule has 1 amide bonds. The van der Waals surface area contributed by atoms with Crippen molar-refractivity contribution in [2.45, 2.75) is 11.5 Å². The number of carbonyl (C=O) groups is 1. The Morgan fingerprint density at radius 2 is 1.85 bits per heavy atom. The molecule has 1 aromatic carbocycles. The highest BCUT2D eigenvalue weighted by Crippen LogP contribution is 2.27. The second-order valence-electron chi connectivity index (χ2n) is 5.23. The molecule has 0 aliphatic heterocycles. The maximum Gasteiger partial charge on any atom is 0.387 e. The molecule has 0 saturated heterocycles. The predicted molar refractivity (Wildman–Crippen MR) is 92.3 cm³/mol. The van der Waals surface area contributed by atoms with Crippen LogP contribution in [0.3, 0.4) is 0 Å². The molecule has 0 unspecified atom stereocenters. The number of ether oxygens (including phenoxy) is 1. The molecule has 0 radical (unpaired) electrons. The lowest BCUT2D eigenvalue weighted by atomic mass is 10.3. The van der Waals surface area contributed by atoms with E-state index in [0.29, 0.717) is 0 Å². The summed E-state index contributed by atoms with van der Waals surface area (Å²) >= 11 is 0. The van der Waals surface area contributed by atoms with Crippen molar-refractivity contribution in [3.63, 3.8) is 0 Å². The number of benzene rings is 1. The molecule has 10 heteroatoms. The van der Waals surface area contributed by atoms with Crippen molar-refractivity contribution in [2.24, 2.45) is 0 Å². The summed E-state index contributed by atoms with van der Waals surface area (Å²) in [5, 5.41) is 2.51. The first-order valence-electron chi connectivity index (χ1n) is 7.58. The molecule has 2 heterocycles. The van der Waals surface area contributed by atoms with E-state index in [0.717, 1.165) is 22.3 Å². The van der Waals surface area contributed by atoms with Gasteiger partial charge in [0.1, 0.15) is 16.3 Å². The fraction of sp³-hybridized carbons (Fsp3) is 0.0588. The molecule has 3 aromatic rings. The van der Waals surface area contributed by atoms with Crippen LogP contribution >= 0.6 is 0 Å². The van der Waals surface area contributed by atoms with Gasteiger partial charge in [0, 0.05) is 18.6 Å². The molecule has 1 N–H and O–H groups in total. The minimum Gasteiger partial charge on any atom is -0.433 e. The normalized spacial score (nSPS) is 11.4. The van der Waals surface area contributed by atoms with Gasteiger partial charge in [-0.2, -0.15) is 8.78 Å². The van der Waals surface area contributed by atoms with Crippen molar-refractivity contribution in [1.29, 1.82) is 0 Å². The molecule has 27 heavy (non-hydrogen) atoms. The molecule has 0 bridgehead atoms. The summed E-state index contributed by atoms with van der Waals surface area (Å²) in [5.41, 5.74) is 0.352. The summed E-state index contributed by atoms with van der Waals surface area (Å²) in [6, 6.07) is 11.2. The highest BCUT2D eigenvalue weighted by atomic mass is 32.2. The zero-order valence-corrected chi connectivity index (χ0v) is 14.4. The van der Waals surface area contributed by atoms with Gasteiger partial charge in [0.15, 0.2) is 0 Å². The first-order chi connectivity index (χ1) is 12.9. The maximum absolute atomic E-state index is 12.7. The number of amides is 1. The molecule has 0 spiro atoms. The summed E-state index contributed by atoms with van der Waals surface area (Å²) in [7, 11) is -4.20. The van der Waals surface area contributed by atoms with Crippen molar-refractivity contribution in [3.05, 3.63) is 72.8 Å². The minimum absolute atomic E-state index is 0.156. The van der Waals surface area contributed by atoms with Crippen molar-refractivity contribution in [2.75, 3.05) is 5.32 Å². The Hall–Kier alpha value is -3.27. The number of anilines is 1. The van der Waals surface area contributed by atoms with Gasteiger partial charge in [-0.3, -0.25) is 9.78 Å². The number of pyridine rings is 1. The molecule has 7 nitrogen and oxygen atoms in total. The molecule has 0 aliphatic rings. The van der Waals surface area contributed by atoms with E-state index in [1.54, 1.807) is 12.1 Å². The Morgan fingerprint density at radius 3 is 2.56 bits per heavy atom. The van der Waals surface area contributed by atoms with Gasteiger partial charge in [0.25, 0.3) is 15.9 Å². The van der Waals surface area contributed by atoms with E-state index < -0.39 is 33.2 Å². The molecule has 2 aromatic heterocycles. The van der Waals surface area contributed by atoms with Crippen LogP contribution in [0.4, 0.5) is 14.5 Å². The van der Waals surface area contributed by atoms with E-state index in [4.69, 9.17) is 0 Å². The third-order valence-corrected chi connectivity index (χ3v) is 5.12. The second-order valence-corrected chi connectivity index (χ2v) is 7.04. The molecule has 0 aliphatic carbocycles. The first kappa shape index (κ1) is 18.5. The smallest absolute Gasteiger partial charge is 0.387 e. The monoisotopic (exact) mass is 393 g/mol. The molecule has 3 rings (SSSR count). The van der Waals surface area contributed by atoms with Crippen molar-refractivity contribution in [3.8, 4) is 5.75 Å². The van der Waals surface area contributed by atoms with E-state index in [1.165, 1.54) is 36.7 Å². The van der Waals surface area contributed by atoms with Gasteiger partial charge in [-0.25, -0.2) is 12.4 Å². The van der Waals surface area contributed by atoms with Crippen LogP contribution < -0.4 is 10.1 Å². The van der Waals surface area contributed by atoms with Gasteiger partial charge in [0.05, 0.1) is 5.69 Å². The van der Waals surface area contributed by atoms with Gasteiger partial charge >= 0.3 is 6.61 Å². The lowest BCUT2D eigenvalue weighted by Gasteiger charge is -2.11. The number of rotatable bonds is 6. The average molecular weight is 393 g/mol. The molecular formula is C17H13F2N3O4S. The number of carbonyl (C=O) groups excluding carboxylic acids is 1. The van der Waals surface area contributed by atoms with Crippen LogP contribution in [0.5, 0.6) is 5.75 Å². The number of alkyl halides is 2. The quantitative estimate of drug-likeness (QED) is 0.695. The number of para-hydroxylation sites is 1. The van der Waals surface area contributed by atoms with Crippen LogP contribution in [0.1, 0.15) is 10.5 Å². The van der Waals surface area contributed by atoms with Gasteiger partial charge in [0.2, 0.25) is 0 Å². The topological polar surface area (TPSA) is 90.3 Å².